The number of nitrogens with one attached hydrogen (secondary N) is 1. The second-order valence-corrected chi connectivity index (χ2v) is 5.61. The molecule has 0 unspecified atom stereocenters. The fourth-order valence-electron chi connectivity index (χ4n) is 2.70. The predicted molar refractivity (Wildman–Crippen MR) is 107 cm³/mol. The van der Waals surface area contributed by atoms with Gasteiger partial charge in [0.2, 0.25) is 0 Å². The highest BCUT2D eigenvalue weighted by Gasteiger charge is 2.23. The zero-order valence-corrected chi connectivity index (χ0v) is 17.3. The molecule has 1 N–H and O–H groups in total. The van der Waals surface area contributed by atoms with E-state index >= 15 is 0 Å². The van der Waals surface area contributed by atoms with E-state index in [0.717, 1.165) is 6.07 Å². The van der Waals surface area contributed by atoms with Gasteiger partial charge in [0.1, 0.15) is 0 Å². The van der Waals surface area contributed by atoms with E-state index < -0.39 is 11.6 Å². The van der Waals surface area contributed by atoms with Crippen LogP contribution in [0.3, 0.4) is 0 Å². The summed E-state index contributed by atoms with van der Waals surface area (Å²) in [7, 11) is 1.67. The van der Waals surface area contributed by atoms with Gasteiger partial charge < -0.3 is 19.9 Å². The Morgan fingerprint density at radius 3 is 2.50 bits per heavy atom. The smallest absolute Gasteiger partial charge is 0.409 e. The standard InChI is InChI=1S/C17H24F2N4O2.HI/c1-3-25-17(24)23-11-9-22(10-12-23)16(20-2)21-8-7-13-5-4-6-14(18)15(13)19;/h4-6H,3,7-12H2,1-2H3,(H,20,21);1H. The van der Waals surface area contributed by atoms with E-state index in [4.69, 9.17) is 4.74 Å². The van der Waals surface area contributed by atoms with Gasteiger partial charge in [0.25, 0.3) is 0 Å². The van der Waals surface area contributed by atoms with E-state index in [-0.39, 0.29) is 30.1 Å². The fourth-order valence-corrected chi connectivity index (χ4v) is 2.70. The predicted octanol–water partition coefficient (Wildman–Crippen LogP) is 2.47. The first-order valence-electron chi connectivity index (χ1n) is 8.37. The lowest BCUT2D eigenvalue weighted by Gasteiger charge is -2.35. The Balaban J connectivity index is 0.00000338. The van der Waals surface area contributed by atoms with Gasteiger partial charge in [-0.2, -0.15) is 0 Å². The molecule has 1 heterocycles. The Morgan fingerprint density at radius 2 is 1.88 bits per heavy atom. The van der Waals surface area contributed by atoms with E-state index in [1.165, 1.54) is 6.07 Å². The Morgan fingerprint density at radius 1 is 1.23 bits per heavy atom. The summed E-state index contributed by atoms with van der Waals surface area (Å²) >= 11 is 0. The lowest BCUT2D eigenvalue weighted by atomic mass is 10.1. The molecular formula is C17H25F2IN4O2. The summed E-state index contributed by atoms with van der Waals surface area (Å²) in [5.41, 5.74) is 0.329. The highest BCUT2D eigenvalue weighted by atomic mass is 127. The molecule has 1 aliphatic heterocycles. The van der Waals surface area contributed by atoms with E-state index in [1.54, 1.807) is 24.9 Å². The average molecular weight is 482 g/mol. The highest BCUT2D eigenvalue weighted by molar-refractivity contribution is 14.0. The van der Waals surface area contributed by atoms with Gasteiger partial charge in [-0.25, -0.2) is 13.6 Å². The number of rotatable bonds is 4. The van der Waals surface area contributed by atoms with Crippen molar-refractivity contribution in [2.45, 2.75) is 13.3 Å². The van der Waals surface area contributed by atoms with Crippen LogP contribution in [0.4, 0.5) is 13.6 Å². The van der Waals surface area contributed by atoms with E-state index in [1.807, 2.05) is 4.90 Å². The molecular weight excluding hydrogens is 457 g/mol. The van der Waals surface area contributed by atoms with Crippen LogP contribution in [0.5, 0.6) is 0 Å². The lowest BCUT2D eigenvalue weighted by molar-refractivity contribution is 0.0915. The van der Waals surface area contributed by atoms with Crippen LogP contribution < -0.4 is 5.32 Å². The van der Waals surface area contributed by atoms with Crippen LogP contribution in [0.2, 0.25) is 0 Å². The monoisotopic (exact) mass is 482 g/mol. The number of ether oxygens (including phenoxy) is 1. The topological polar surface area (TPSA) is 57.2 Å². The van der Waals surface area contributed by atoms with Crippen molar-refractivity contribution < 1.29 is 18.3 Å². The minimum atomic E-state index is -0.836. The molecule has 1 saturated heterocycles. The molecule has 6 nitrogen and oxygen atoms in total. The number of benzene rings is 1. The molecule has 0 spiro atoms. The average Bonchev–Trinajstić information content (AvgIpc) is 2.62. The van der Waals surface area contributed by atoms with Gasteiger partial charge in [-0.1, -0.05) is 12.1 Å². The maximum atomic E-state index is 13.7. The summed E-state index contributed by atoms with van der Waals surface area (Å²) < 4.78 is 31.9. The zero-order valence-electron chi connectivity index (χ0n) is 15.0. The molecule has 26 heavy (non-hydrogen) atoms. The quantitative estimate of drug-likeness (QED) is 0.407. The van der Waals surface area contributed by atoms with Crippen molar-refractivity contribution in [1.82, 2.24) is 15.1 Å². The minimum Gasteiger partial charge on any atom is -0.450 e. The number of carbonyl (C=O) groups excluding carboxylic acids is 1. The van der Waals surface area contributed by atoms with Crippen molar-refractivity contribution in [1.29, 1.82) is 0 Å². The number of carbonyl (C=O) groups is 1. The Kier molecular flexibility index (Phi) is 9.60. The first-order chi connectivity index (χ1) is 12.1. The van der Waals surface area contributed by atoms with Crippen molar-refractivity contribution in [2.24, 2.45) is 4.99 Å². The van der Waals surface area contributed by atoms with E-state index in [0.29, 0.717) is 57.3 Å². The number of piperazine rings is 1. The van der Waals surface area contributed by atoms with E-state index in [2.05, 4.69) is 10.3 Å². The van der Waals surface area contributed by atoms with Crippen LogP contribution in [0.25, 0.3) is 0 Å². The molecule has 0 aromatic heterocycles. The van der Waals surface area contributed by atoms with E-state index in [9.17, 15) is 13.6 Å². The normalized spacial score (nSPS) is 14.7. The molecule has 0 bridgehead atoms. The number of aliphatic imine (C=N–C) groups is 1. The zero-order chi connectivity index (χ0) is 18.2. The van der Waals surface area contributed by atoms with Gasteiger partial charge in [0, 0.05) is 39.8 Å². The van der Waals surface area contributed by atoms with Crippen LogP contribution >= 0.6 is 24.0 Å². The number of hydrogen-bond acceptors (Lipinski definition) is 3. The molecule has 1 aromatic rings. The van der Waals surface area contributed by atoms with Gasteiger partial charge >= 0.3 is 6.09 Å². The van der Waals surface area contributed by atoms with Gasteiger partial charge in [0.15, 0.2) is 17.6 Å². The molecule has 0 atom stereocenters. The maximum absolute atomic E-state index is 13.7. The van der Waals surface area contributed by atoms with Crippen molar-refractivity contribution in [3.63, 3.8) is 0 Å². The van der Waals surface area contributed by atoms with Crippen LogP contribution in [0, 0.1) is 11.6 Å². The van der Waals surface area contributed by atoms with Crippen LogP contribution in [-0.4, -0.2) is 68.2 Å². The summed E-state index contributed by atoms with van der Waals surface area (Å²) in [6.07, 6.45) is 0.0532. The number of guanidine groups is 1. The van der Waals surface area contributed by atoms with Crippen LogP contribution in [0.15, 0.2) is 23.2 Å². The second kappa shape index (κ2) is 11.1. The first-order valence-corrected chi connectivity index (χ1v) is 8.37. The molecule has 1 fully saturated rings. The number of halogens is 3. The summed E-state index contributed by atoms with van der Waals surface area (Å²) in [6, 6.07) is 4.17. The number of nitrogens with zero attached hydrogens (tertiary/aromatic N) is 3. The molecule has 1 amide bonds. The lowest BCUT2D eigenvalue weighted by Crippen LogP contribution is -2.54. The van der Waals surface area contributed by atoms with Gasteiger partial charge in [-0.3, -0.25) is 4.99 Å². The SMILES string of the molecule is CCOC(=O)N1CCN(C(=NC)NCCc2cccc(F)c2F)CC1.I. The molecule has 0 saturated carbocycles. The van der Waals surface area contributed by atoms with Gasteiger partial charge in [-0.05, 0) is 25.0 Å². The second-order valence-electron chi connectivity index (χ2n) is 5.61. The Labute approximate surface area is 169 Å². The molecule has 146 valence electrons. The largest absolute Gasteiger partial charge is 0.450 e. The number of hydrogen-bond donors (Lipinski definition) is 1. The molecule has 2 rings (SSSR count). The number of amides is 1. The van der Waals surface area contributed by atoms with Gasteiger partial charge in [-0.15, -0.1) is 24.0 Å². The fraction of sp³-hybridized carbons (Fsp3) is 0.529. The first kappa shape index (κ1) is 22.4. The molecule has 1 aromatic carbocycles. The Hall–Kier alpha value is -1.65. The van der Waals surface area contributed by atoms with Crippen molar-refractivity contribution in [3.8, 4) is 0 Å². The van der Waals surface area contributed by atoms with Gasteiger partial charge in [0.05, 0.1) is 6.61 Å². The van der Waals surface area contributed by atoms with Crippen LogP contribution in [-0.2, 0) is 11.2 Å². The molecule has 1 aliphatic rings. The molecule has 9 heteroatoms. The summed E-state index contributed by atoms with van der Waals surface area (Å²) in [4.78, 5) is 19.6. The summed E-state index contributed by atoms with van der Waals surface area (Å²) in [5.74, 6) is -0.959. The molecule has 0 radical (unpaired) electrons. The third kappa shape index (κ3) is 5.96. The third-order valence-electron chi connectivity index (χ3n) is 4.03. The third-order valence-corrected chi connectivity index (χ3v) is 4.03. The van der Waals surface area contributed by atoms with Crippen molar-refractivity contribution >= 4 is 36.0 Å². The summed E-state index contributed by atoms with van der Waals surface area (Å²) in [5, 5.41) is 3.16. The minimum absolute atomic E-state index is 0. The maximum Gasteiger partial charge on any atom is 0.409 e. The van der Waals surface area contributed by atoms with Crippen molar-refractivity contribution in [2.75, 3.05) is 46.4 Å². The highest BCUT2D eigenvalue weighted by Crippen LogP contribution is 2.11. The summed E-state index contributed by atoms with van der Waals surface area (Å²) in [6.45, 7) is 4.95. The van der Waals surface area contributed by atoms with Crippen molar-refractivity contribution in [3.05, 3.63) is 35.4 Å². The van der Waals surface area contributed by atoms with Crippen LogP contribution in [0.1, 0.15) is 12.5 Å². The molecule has 0 aliphatic carbocycles. The Bertz CT molecular complexity index is 623.